The Hall–Kier alpha value is -2.11. The number of nitrogens with one attached hydrogen (secondary N) is 2. The highest BCUT2D eigenvalue weighted by atomic mass is 16.1. The van der Waals surface area contributed by atoms with Gasteiger partial charge in [0.05, 0.1) is 18.2 Å². The second-order valence-electron chi connectivity index (χ2n) is 3.44. The summed E-state index contributed by atoms with van der Waals surface area (Å²) in [6.07, 6.45) is 9.86. The molecule has 2 aromatic rings. The Morgan fingerprint density at radius 1 is 1.56 bits per heavy atom. The largest absolute Gasteiger partial charge is 0.337 e. The third-order valence-corrected chi connectivity index (χ3v) is 2.16. The van der Waals surface area contributed by atoms with Crippen molar-refractivity contribution in [3.63, 3.8) is 0 Å². The van der Waals surface area contributed by atoms with E-state index >= 15 is 0 Å². The van der Waals surface area contributed by atoms with Crippen molar-refractivity contribution >= 4 is 11.6 Å². The van der Waals surface area contributed by atoms with Crippen molar-refractivity contribution < 1.29 is 4.79 Å². The Kier molecular flexibility index (Phi) is 3.32. The molecule has 0 saturated heterocycles. The zero-order valence-electron chi connectivity index (χ0n) is 8.76. The van der Waals surface area contributed by atoms with Crippen molar-refractivity contribution in [2.75, 3.05) is 5.32 Å². The molecule has 0 aliphatic carbocycles. The minimum Gasteiger partial charge on any atom is -0.337 e. The number of amides is 1. The summed E-state index contributed by atoms with van der Waals surface area (Å²) < 4.78 is 1.95. The molecule has 0 bridgehead atoms. The van der Waals surface area contributed by atoms with Crippen LogP contribution in [0.3, 0.4) is 0 Å². The van der Waals surface area contributed by atoms with Crippen LogP contribution < -0.4 is 5.32 Å². The lowest BCUT2D eigenvalue weighted by atomic mass is 10.3. The van der Waals surface area contributed by atoms with Crippen molar-refractivity contribution in [1.29, 1.82) is 0 Å². The monoisotopic (exact) mass is 219 g/mol. The van der Waals surface area contributed by atoms with E-state index in [1.54, 1.807) is 24.9 Å². The van der Waals surface area contributed by atoms with Gasteiger partial charge in [0.15, 0.2) is 0 Å². The summed E-state index contributed by atoms with van der Waals surface area (Å²) in [5.41, 5.74) is 0.702. The second-order valence-corrected chi connectivity index (χ2v) is 3.44. The molecule has 0 saturated carbocycles. The molecule has 0 atom stereocenters. The van der Waals surface area contributed by atoms with Gasteiger partial charge in [-0.25, -0.2) is 4.98 Å². The van der Waals surface area contributed by atoms with Gasteiger partial charge in [-0.15, -0.1) is 0 Å². The molecule has 0 aliphatic rings. The number of carbonyl (C=O) groups is 1. The van der Waals surface area contributed by atoms with Crippen molar-refractivity contribution in [2.45, 2.75) is 19.4 Å². The standard InChI is InChI=1S/C10H13N5O/c16-10(14-9-6-12-13-7-9)2-1-4-15-5-3-11-8-15/h3,5-8H,1-2,4H2,(H,12,13)(H,14,16). The number of aromatic amines is 1. The van der Waals surface area contributed by atoms with Crippen LogP contribution in [0.15, 0.2) is 31.1 Å². The van der Waals surface area contributed by atoms with E-state index < -0.39 is 0 Å². The van der Waals surface area contributed by atoms with Crippen LogP contribution in [0.4, 0.5) is 5.69 Å². The quantitative estimate of drug-likeness (QED) is 0.788. The summed E-state index contributed by atoms with van der Waals surface area (Å²) in [6.45, 7) is 0.804. The first-order chi connectivity index (χ1) is 7.84. The lowest BCUT2D eigenvalue weighted by molar-refractivity contribution is -0.116. The van der Waals surface area contributed by atoms with Gasteiger partial charge in [-0.3, -0.25) is 9.89 Å². The summed E-state index contributed by atoms with van der Waals surface area (Å²) in [7, 11) is 0. The van der Waals surface area contributed by atoms with Crippen LogP contribution in [-0.4, -0.2) is 25.7 Å². The van der Waals surface area contributed by atoms with Gasteiger partial charge in [0.2, 0.25) is 5.91 Å². The number of imidazole rings is 1. The Labute approximate surface area is 92.7 Å². The van der Waals surface area contributed by atoms with E-state index in [1.807, 2.05) is 10.8 Å². The number of hydrogen-bond donors (Lipinski definition) is 2. The molecular formula is C10H13N5O. The molecule has 84 valence electrons. The Balaban J connectivity index is 1.68. The summed E-state index contributed by atoms with van der Waals surface area (Å²) in [5.74, 6) is 0.00140. The fourth-order valence-corrected chi connectivity index (χ4v) is 1.38. The molecule has 1 amide bonds. The van der Waals surface area contributed by atoms with Crippen LogP contribution in [0, 0.1) is 0 Å². The molecule has 0 aromatic carbocycles. The molecule has 0 unspecified atom stereocenters. The van der Waals surface area contributed by atoms with E-state index in [2.05, 4.69) is 20.5 Å². The first-order valence-corrected chi connectivity index (χ1v) is 5.09. The Morgan fingerprint density at radius 3 is 3.19 bits per heavy atom. The molecule has 2 rings (SSSR count). The van der Waals surface area contributed by atoms with Gasteiger partial charge >= 0.3 is 0 Å². The van der Waals surface area contributed by atoms with E-state index in [-0.39, 0.29) is 5.91 Å². The predicted octanol–water partition coefficient (Wildman–Crippen LogP) is 1.03. The molecule has 16 heavy (non-hydrogen) atoms. The van der Waals surface area contributed by atoms with Crippen LogP contribution in [0.1, 0.15) is 12.8 Å². The van der Waals surface area contributed by atoms with Crippen molar-refractivity contribution in [2.24, 2.45) is 0 Å². The van der Waals surface area contributed by atoms with E-state index in [9.17, 15) is 4.79 Å². The first-order valence-electron chi connectivity index (χ1n) is 5.09. The minimum atomic E-state index is 0.00140. The molecule has 0 spiro atoms. The number of aryl methyl sites for hydroxylation is 1. The maximum atomic E-state index is 11.5. The number of H-pyrrole nitrogens is 1. The zero-order chi connectivity index (χ0) is 11.2. The highest BCUT2D eigenvalue weighted by molar-refractivity contribution is 5.90. The van der Waals surface area contributed by atoms with E-state index in [0.29, 0.717) is 12.1 Å². The van der Waals surface area contributed by atoms with Gasteiger partial charge in [-0.05, 0) is 6.42 Å². The van der Waals surface area contributed by atoms with Crippen LogP contribution >= 0.6 is 0 Å². The van der Waals surface area contributed by atoms with E-state index in [0.717, 1.165) is 13.0 Å². The minimum absolute atomic E-state index is 0.00140. The maximum absolute atomic E-state index is 11.5. The van der Waals surface area contributed by atoms with Gasteiger partial charge in [0.1, 0.15) is 0 Å². The third-order valence-electron chi connectivity index (χ3n) is 2.16. The molecule has 0 aliphatic heterocycles. The topological polar surface area (TPSA) is 75.6 Å². The maximum Gasteiger partial charge on any atom is 0.224 e. The predicted molar refractivity (Wildman–Crippen MR) is 58.7 cm³/mol. The van der Waals surface area contributed by atoms with Crippen LogP contribution in [-0.2, 0) is 11.3 Å². The van der Waals surface area contributed by atoms with Crippen LogP contribution in [0.5, 0.6) is 0 Å². The molecule has 2 aromatic heterocycles. The van der Waals surface area contributed by atoms with Gasteiger partial charge < -0.3 is 9.88 Å². The number of hydrogen-bond acceptors (Lipinski definition) is 3. The lowest BCUT2D eigenvalue weighted by Crippen LogP contribution is -2.11. The highest BCUT2D eigenvalue weighted by Crippen LogP contribution is 2.03. The molecule has 2 heterocycles. The number of aromatic nitrogens is 4. The number of carbonyl (C=O) groups excluding carboxylic acids is 1. The van der Waals surface area contributed by atoms with E-state index in [1.165, 1.54) is 0 Å². The Bertz CT molecular complexity index is 420. The molecule has 0 radical (unpaired) electrons. The van der Waals surface area contributed by atoms with Crippen LogP contribution in [0.25, 0.3) is 0 Å². The second kappa shape index (κ2) is 5.11. The lowest BCUT2D eigenvalue weighted by Gasteiger charge is -2.02. The van der Waals surface area contributed by atoms with Crippen molar-refractivity contribution in [3.05, 3.63) is 31.1 Å². The van der Waals surface area contributed by atoms with Crippen molar-refractivity contribution in [3.8, 4) is 0 Å². The fourth-order valence-electron chi connectivity index (χ4n) is 1.38. The first kappa shape index (κ1) is 10.4. The average molecular weight is 219 g/mol. The summed E-state index contributed by atoms with van der Waals surface area (Å²) in [4.78, 5) is 15.4. The molecule has 6 heteroatoms. The zero-order valence-corrected chi connectivity index (χ0v) is 8.76. The van der Waals surface area contributed by atoms with Gasteiger partial charge in [0, 0.05) is 31.6 Å². The van der Waals surface area contributed by atoms with Crippen LogP contribution in [0.2, 0.25) is 0 Å². The van der Waals surface area contributed by atoms with Gasteiger partial charge in [-0.1, -0.05) is 0 Å². The van der Waals surface area contributed by atoms with Crippen molar-refractivity contribution in [1.82, 2.24) is 19.7 Å². The molecule has 2 N–H and O–H groups in total. The third kappa shape index (κ3) is 2.94. The highest BCUT2D eigenvalue weighted by Gasteiger charge is 2.02. The molecular weight excluding hydrogens is 206 g/mol. The molecule has 6 nitrogen and oxygen atoms in total. The fraction of sp³-hybridized carbons (Fsp3) is 0.300. The van der Waals surface area contributed by atoms with Gasteiger partial charge in [-0.2, -0.15) is 5.10 Å². The SMILES string of the molecule is O=C(CCCn1ccnc1)Nc1cn[nH]c1. The smallest absolute Gasteiger partial charge is 0.224 e. The van der Waals surface area contributed by atoms with E-state index in [4.69, 9.17) is 0 Å². The normalized spacial score (nSPS) is 10.2. The number of anilines is 1. The summed E-state index contributed by atoms with van der Waals surface area (Å²) >= 11 is 0. The summed E-state index contributed by atoms with van der Waals surface area (Å²) in [6, 6.07) is 0. The number of nitrogens with zero attached hydrogens (tertiary/aromatic N) is 3. The Morgan fingerprint density at radius 2 is 2.50 bits per heavy atom. The van der Waals surface area contributed by atoms with Gasteiger partial charge in [0.25, 0.3) is 0 Å². The average Bonchev–Trinajstić information content (AvgIpc) is 2.90. The molecule has 0 fully saturated rings. The summed E-state index contributed by atoms with van der Waals surface area (Å²) in [5, 5.41) is 9.12. The number of rotatable bonds is 5.